The van der Waals surface area contributed by atoms with E-state index < -0.39 is 16.1 Å². The Balaban J connectivity index is 1.56. The normalized spacial score (nSPS) is 18.8. The first-order valence-corrected chi connectivity index (χ1v) is 11.7. The van der Waals surface area contributed by atoms with E-state index in [4.69, 9.17) is 16.3 Å². The predicted octanol–water partition coefficient (Wildman–Crippen LogP) is 2.45. The summed E-state index contributed by atoms with van der Waals surface area (Å²) in [6, 6.07) is 9.35. The fourth-order valence-electron chi connectivity index (χ4n) is 3.85. The number of nitrogens with zero attached hydrogens (tertiary/aromatic N) is 1. The van der Waals surface area contributed by atoms with E-state index in [2.05, 4.69) is 10.6 Å². The zero-order valence-electron chi connectivity index (χ0n) is 16.9. The number of fused-ring (bicyclic) bond motifs is 1. The van der Waals surface area contributed by atoms with Crippen molar-refractivity contribution in [1.82, 2.24) is 9.62 Å². The van der Waals surface area contributed by atoms with Crippen molar-refractivity contribution in [1.29, 1.82) is 0 Å². The highest BCUT2D eigenvalue weighted by atomic mass is 35.5. The lowest BCUT2D eigenvalue weighted by Gasteiger charge is -2.26. The molecule has 1 saturated heterocycles. The lowest BCUT2D eigenvalue weighted by atomic mass is 10.2. The van der Waals surface area contributed by atoms with E-state index in [0.717, 1.165) is 5.56 Å². The molecule has 1 atom stereocenters. The van der Waals surface area contributed by atoms with Crippen molar-refractivity contribution in [3.8, 4) is 5.75 Å². The van der Waals surface area contributed by atoms with Crippen LogP contribution in [0, 0.1) is 6.92 Å². The molecule has 2 aliphatic rings. The van der Waals surface area contributed by atoms with Crippen molar-refractivity contribution >= 4 is 39.1 Å². The SMILES string of the molecule is Cc1cc2c(cc1S(=O)(=O)N1CCC[C@@H]1C(=O)NCc1ccccc1Cl)OCC(=O)N2. The molecular weight excluding hydrogens is 442 g/mol. The number of halogens is 1. The van der Waals surface area contributed by atoms with Gasteiger partial charge < -0.3 is 15.4 Å². The highest BCUT2D eigenvalue weighted by molar-refractivity contribution is 7.89. The van der Waals surface area contributed by atoms with Crippen LogP contribution >= 0.6 is 11.6 Å². The second-order valence-corrected chi connectivity index (χ2v) is 9.80. The van der Waals surface area contributed by atoms with Gasteiger partial charge in [0.05, 0.1) is 10.6 Å². The van der Waals surface area contributed by atoms with Crippen LogP contribution in [0.2, 0.25) is 5.02 Å². The predicted molar refractivity (Wildman–Crippen MR) is 116 cm³/mol. The van der Waals surface area contributed by atoms with E-state index in [0.29, 0.717) is 34.9 Å². The van der Waals surface area contributed by atoms with E-state index >= 15 is 0 Å². The maximum Gasteiger partial charge on any atom is 0.262 e. The first-order valence-electron chi connectivity index (χ1n) is 9.87. The van der Waals surface area contributed by atoms with Crippen LogP contribution in [0.3, 0.4) is 0 Å². The van der Waals surface area contributed by atoms with E-state index in [1.54, 1.807) is 31.2 Å². The van der Waals surface area contributed by atoms with Gasteiger partial charge in [-0.1, -0.05) is 29.8 Å². The van der Waals surface area contributed by atoms with Crippen LogP contribution in [-0.4, -0.2) is 43.7 Å². The standard InChI is InChI=1S/C21H22ClN3O5S/c1-13-9-16-18(30-12-20(26)24-16)10-19(13)31(28,29)25-8-4-7-17(25)21(27)23-11-14-5-2-3-6-15(14)22/h2-3,5-6,9-10,17H,4,7-8,11-12H2,1H3,(H,23,27)(H,24,26)/t17-/m1/s1. The maximum absolute atomic E-state index is 13.4. The van der Waals surface area contributed by atoms with Gasteiger partial charge in [0.2, 0.25) is 15.9 Å². The summed E-state index contributed by atoms with van der Waals surface area (Å²) in [5.41, 5.74) is 1.66. The molecular formula is C21H22ClN3O5S. The van der Waals surface area contributed by atoms with E-state index in [9.17, 15) is 18.0 Å². The second-order valence-electron chi connectivity index (χ2n) is 7.53. The molecule has 0 saturated carbocycles. The first kappa shape index (κ1) is 21.6. The molecule has 2 aromatic carbocycles. The van der Waals surface area contributed by atoms with Crippen LogP contribution in [0.15, 0.2) is 41.3 Å². The van der Waals surface area contributed by atoms with E-state index in [1.807, 2.05) is 6.07 Å². The fraction of sp³-hybridized carbons (Fsp3) is 0.333. The van der Waals surface area contributed by atoms with Gasteiger partial charge in [0.25, 0.3) is 5.91 Å². The van der Waals surface area contributed by atoms with Gasteiger partial charge >= 0.3 is 0 Å². The van der Waals surface area contributed by atoms with Gasteiger partial charge in [0, 0.05) is 24.2 Å². The molecule has 2 aliphatic heterocycles. The molecule has 2 aromatic rings. The van der Waals surface area contributed by atoms with Crippen LogP contribution in [0.5, 0.6) is 5.75 Å². The molecule has 1 fully saturated rings. The van der Waals surface area contributed by atoms with Crippen molar-refractivity contribution in [3.05, 3.63) is 52.5 Å². The van der Waals surface area contributed by atoms with Gasteiger partial charge in [-0.2, -0.15) is 4.31 Å². The third kappa shape index (κ3) is 4.26. The molecule has 164 valence electrons. The van der Waals surface area contributed by atoms with Crippen LogP contribution in [0.4, 0.5) is 5.69 Å². The summed E-state index contributed by atoms with van der Waals surface area (Å²) in [7, 11) is -3.95. The summed E-state index contributed by atoms with van der Waals surface area (Å²) < 4.78 is 33.5. The zero-order chi connectivity index (χ0) is 22.2. The fourth-order valence-corrected chi connectivity index (χ4v) is 5.93. The Morgan fingerprint density at radius 1 is 1.32 bits per heavy atom. The van der Waals surface area contributed by atoms with Crippen molar-refractivity contribution in [2.45, 2.75) is 37.2 Å². The Morgan fingerprint density at radius 3 is 2.87 bits per heavy atom. The Morgan fingerprint density at radius 2 is 2.10 bits per heavy atom. The second kappa shape index (κ2) is 8.49. The molecule has 2 amide bonds. The number of benzene rings is 2. The molecule has 0 spiro atoms. The molecule has 0 radical (unpaired) electrons. The average Bonchev–Trinajstić information content (AvgIpc) is 3.23. The van der Waals surface area contributed by atoms with Crippen LogP contribution in [0.25, 0.3) is 0 Å². The molecule has 10 heteroatoms. The summed E-state index contributed by atoms with van der Waals surface area (Å²) in [5, 5.41) is 6.01. The Bertz CT molecular complexity index is 1150. The Hall–Kier alpha value is -2.62. The number of hydrogen-bond donors (Lipinski definition) is 2. The lowest BCUT2D eigenvalue weighted by Crippen LogP contribution is -2.45. The number of nitrogens with one attached hydrogen (secondary N) is 2. The van der Waals surface area contributed by atoms with E-state index in [-0.39, 0.29) is 36.4 Å². The summed E-state index contributed by atoms with van der Waals surface area (Å²) in [6.07, 6.45) is 1.02. The van der Waals surface area contributed by atoms with Gasteiger partial charge in [0.15, 0.2) is 6.61 Å². The molecule has 0 bridgehead atoms. The van der Waals surface area contributed by atoms with Gasteiger partial charge in [-0.05, 0) is 43.0 Å². The van der Waals surface area contributed by atoms with Crippen molar-refractivity contribution in [2.75, 3.05) is 18.5 Å². The average molecular weight is 464 g/mol. The Labute approximate surface area is 185 Å². The molecule has 31 heavy (non-hydrogen) atoms. The van der Waals surface area contributed by atoms with Gasteiger partial charge in [-0.15, -0.1) is 0 Å². The number of sulfonamides is 1. The maximum atomic E-state index is 13.4. The van der Waals surface area contributed by atoms with Crippen LogP contribution < -0.4 is 15.4 Å². The van der Waals surface area contributed by atoms with Gasteiger partial charge in [-0.3, -0.25) is 9.59 Å². The van der Waals surface area contributed by atoms with Crippen LogP contribution in [-0.2, 0) is 26.2 Å². The van der Waals surface area contributed by atoms with Crippen molar-refractivity contribution in [2.24, 2.45) is 0 Å². The molecule has 0 aliphatic carbocycles. The summed E-state index contributed by atoms with van der Waals surface area (Å²) in [5.74, 6) is -0.361. The molecule has 0 unspecified atom stereocenters. The van der Waals surface area contributed by atoms with E-state index in [1.165, 1.54) is 10.4 Å². The number of rotatable bonds is 5. The minimum Gasteiger partial charge on any atom is -0.482 e. The minimum absolute atomic E-state index is 0.0632. The summed E-state index contributed by atoms with van der Waals surface area (Å²) in [4.78, 5) is 24.4. The highest BCUT2D eigenvalue weighted by Gasteiger charge is 2.40. The molecule has 2 N–H and O–H groups in total. The largest absolute Gasteiger partial charge is 0.482 e. The zero-order valence-corrected chi connectivity index (χ0v) is 18.4. The minimum atomic E-state index is -3.95. The quantitative estimate of drug-likeness (QED) is 0.708. The third-order valence-corrected chi connectivity index (χ3v) is 7.83. The van der Waals surface area contributed by atoms with Gasteiger partial charge in [0.1, 0.15) is 11.8 Å². The lowest BCUT2D eigenvalue weighted by molar-refractivity contribution is -0.124. The third-order valence-electron chi connectivity index (χ3n) is 5.41. The number of hydrogen-bond acceptors (Lipinski definition) is 5. The number of aryl methyl sites for hydroxylation is 1. The highest BCUT2D eigenvalue weighted by Crippen LogP contribution is 2.36. The number of amides is 2. The molecule has 0 aromatic heterocycles. The molecule has 2 heterocycles. The smallest absolute Gasteiger partial charge is 0.262 e. The number of anilines is 1. The monoisotopic (exact) mass is 463 g/mol. The number of carbonyl (C=O) groups is 2. The Kier molecular flexibility index (Phi) is 5.92. The number of carbonyl (C=O) groups excluding carboxylic acids is 2. The molecule has 8 nitrogen and oxygen atoms in total. The molecule has 4 rings (SSSR count). The number of ether oxygens (including phenoxy) is 1. The van der Waals surface area contributed by atoms with Crippen molar-refractivity contribution in [3.63, 3.8) is 0 Å². The van der Waals surface area contributed by atoms with Gasteiger partial charge in [-0.25, -0.2) is 8.42 Å². The topological polar surface area (TPSA) is 105 Å². The van der Waals surface area contributed by atoms with Crippen molar-refractivity contribution < 1.29 is 22.7 Å². The van der Waals surface area contributed by atoms with Crippen LogP contribution in [0.1, 0.15) is 24.0 Å². The summed E-state index contributed by atoms with van der Waals surface area (Å²) >= 11 is 6.14. The first-order chi connectivity index (χ1) is 14.8. The summed E-state index contributed by atoms with van der Waals surface area (Å²) in [6.45, 7) is 1.94.